The fourth-order valence-corrected chi connectivity index (χ4v) is 3.44. The second kappa shape index (κ2) is 7.50. The minimum Gasteiger partial charge on any atom is -0.493 e. The number of rotatable bonds is 5. The van der Waals surface area contributed by atoms with Crippen molar-refractivity contribution in [2.24, 2.45) is 0 Å². The van der Waals surface area contributed by atoms with Gasteiger partial charge in [0.25, 0.3) is 0 Å². The lowest BCUT2D eigenvalue weighted by atomic mass is 9.91. The van der Waals surface area contributed by atoms with E-state index >= 15 is 0 Å². The average molecular weight is 360 g/mol. The van der Waals surface area contributed by atoms with E-state index in [4.69, 9.17) is 4.74 Å². The van der Waals surface area contributed by atoms with Gasteiger partial charge < -0.3 is 15.2 Å². The lowest BCUT2D eigenvalue weighted by Gasteiger charge is -2.27. The van der Waals surface area contributed by atoms with E-state index in [9.17, 15) is 9.90 Å². The molecule has 1 aromatic heterocycles. The summed E-state index contributed by atoms with van der Waals surface area (Å²) in [5, 5.41) is 12.6. The van der Waals surface area contributed by atoms with E-state index in [0.717, 1.165) is 28.9 Å². The zero-order valence-corrected chi connectivity index (χ0v) is 14.8. The number of aromatic carboxylic acids is 1. The highest BCUT2D eigenvalue weighted by molar-refractivity contribution is 5.93. The normalized spacial score (nSPS) is 15.5. The number of benzene rings is 2. The summed E-state index contributed by atoms with van der Waals surface area (Å²) in [6.45, 7) is 1.28. The first-order chi connectivity index (χ1) is 13.2. The van der Waals surface area contributed by atoms with Crippen molar-refractivity contribution in [3.8, 4) is 16.9 Å². The van der Waals surface area contributed by atoms with Gasteiger partial charge in [-0.25, -0.2) is 4.79 Å². The van der Waals surface area contributed by atoms with Gasteiger partial charge in [0.2, 0.25) is 0 Å². The van der Waals surface area contributed by atoms with Gasteiger partial charge >= 0.3 is 5.97 Å². The number of hydrogen-bond donors (Lipinski definition) is 2. The van der Waals surface area contributed by atoms with E-state index in [1.807, 2.05) is 18.2 Å². The maximum atomic E-state index is 11.4. The van der Waals surface area contributed by atoms with Gasteiger partial charge in [-0.05, 0) is 35.2 Å². The number of aromatic nitrogens is 1. The third kappa shape index (κ3) is 3.62. The summed E-state index contributed by atoms with van der Waals surface area (Å²) in [6, 6.07) is 18.0. The van der Waals surface area contributed by atoms with Crippen molar-refractivity contribution in [2.45, 2.75) is 12.3 Å². The Kier molecular flexibility index (Phi) is 4.75. The molecule has 4 rings (SSSR count). The number of pyridine rings is 1. The molecule has 0 fully saturated rings. The quantitative estimate of drug-likeness (QED) is 0.704. The van der Waals surface area contributed by atoms with Gasteiger partial charge in [-0.1, -0.05) is 42.5 Å². The Morgan fingerprint density at radius 3 is 2.81 bits per heavy atom. The Labute approximate surface area is 157 Å². The highest BCUT2D eigenvalue weighted by atomic mass is 16.5. The van der Waals surface area contributed by atoms with Gasteiger partial charge in [-0.2, -0.15) is 0 Å². The van der Waals surface area contributed by atoms with Gasteiger partial charge in [0.05, 0.1) is 24.1 Å². The number of nitrogens with zero attached hydrogens (tertiary/aromatic N) is 1. The molecule has 1 aliphatic heterocycles. The van der Waals surface area contributed by atoms with Crippen LogP contribution in [-0.2, 0) is 0 Å². The van der Waals surface area contributed by atoms with Crippen LogP contribution in [0.1, 0.15) is 28.3 Å². The van der Waals surface area contributed by atoms with Crippen molar-refractivity contribution in [1.82, 2.24) is 4.98 Å². The summed E-state index contributed by atoms with van der Waals surface area (Å²) >= 11 is 0. The SMILES string of the molecule is O=C(O)c1ccncc1NC[C@@H]1CCOc2cc(-c3ccccc3)ccc21. The van der Waals surface area contributed by atoms with E-state index in [1.165, 1.54) is 12.3 Å². The van der Waals surface area contributed by atoms with E-state index < -0.39 is 5.97 Å². The molecule has 2 N–H and O–H groups in total. The highest BCUT2D eigenvalue weighted by Crippen LogP contribution is 2.37. The Morgan fingerprint density at radius 1 is 1.15 bits per heavy atom. The molecule has 1 atom stereocenters. The summed E-state index contributed by atoms with van der Waals surface area (Å²) in [5.74, 6) is 0.194. The lowest BCUT2D eigenvalue weighted by molar-refractivity contribution is 0.0697. The molecule has 0 saturated carbocycles. The number of nitrogens with one attached hydrogen (secondary N) is 1. The predicted molar refractivity (Wildman–Crippen MR) is 104 cm³/mol. The van der Waals surface area contributed by atoms with Gasteiger partial charge in [-0.3, -0.25) is 4.98 Å². The maximum absolute atomic E-state index is 11.4. The number of fused-ring (bicyclic) bond motifs is 1. The van der Waals surface area contributed by atoms with Crippen LogP contribution in [0, 0.1) is 0 Å². The lowest BCUT2D eigenvalue weighted by Crippen LogP contribution is -2.21. The zero-order chi connectivity index (χ0) is 18.6. The largest absolute Gasteiger partial charge is 0.493 e. The predicted octanol–water partition coefficient (Wildman–Crippen LogP) is 4.43. The minimum absolute atomic E-state index is 0.233. The summed E-state index contributed by atoms with van der Waals surface area (Å²) in [4.78, 5) is 15.4. The Balaban J connectivity index is 1.55. The van der Waals surface area contributed by atoms with Crippen LogP contribution in [0.3, 0.4) is 0 Å². The van der Waals surface area contributed by atoms with Crippen molar-refractivity contribution < 1.29 is 14.6 Å². The highest BCUT2D eigenvalue weighted by Gasteiger charge is 2.22. The first-order valence-electron chi connectivity index (χ1n) is 8.96. The number of hydrogen-bond acceptors (Lipinski definition) is 4. The molecule has 0 spiro atoms. The van der Waals surface area contributed by atoms with Crippen LogP contribution in [0.15, 0.2) is 67.0 Å². The van der Waals surface area contributed by atoms with Gasteiger partial charge in [-0.15, -0.1) is 0 Å². The number of anilines is 1. The zero-order valence-electron chi connectivity index (χ0n) is 14.8. The van der Waals surface area contributed by atoms with Gasteiger partial charge in [0.15, 0.2) is 0 Å². The van der Waals surface area contributed by atoms with E-state index in [1.54, 1.807) is 6.20 Å². The molecule has 27 heavy (non-hydrogen) atoms. The third-order valence-corrected chi connectivity index (χ3v) is 4.87. The van der Waals surface area contributed by atoms with E-state index in [2.05, 4.69) is 40.6 Å². The molecule has 0 saturated heterocycles. The smallest absolute Gasteiger partial charge is 0.337 e. The topological polar surface area (TPSA) is 71.5 Å². The van der Waals surface area contributed by atoms with Crippen LogP contribution in [0.2, 0.25) is 0 Å². The van der Waals surface area contributed by atoms with Crippen molar-refractivity contribution in [2.75, 3.05) is 18.5 Å². The van der Waals surface area contributed by atoms with Gasteiger partial charge in [0.1, 0.15) is 5.75 Å². The van der Waals surface area contributed by atoms with Crippen LogP contribution in [0.4, 0.5) is 5.69 Å². The van der Waals surface area contributed by atoms with E-state index in [-0.39, 0.29) is 11.5 Å². The summed E-state index contributed by atoms with van der Waals surface area (Å²) in [6.07, 6.45) is 3.93. The Hall–Kier alpha value is -3.34. The standard InChI is InChI=1S/C22H20N2O3/c25-22(26)19-8-10-23-14-20(19)24-13-17-9-11-27-21-12-16(6-7-18(17)21)15-4-2-1-3-5-15/h1-8,10,12,14,17,24H,9,11,13H2,(H,25,26)/t17-/m0/s1. The van der Waals surface area contributed by atoms with Crippen LogP contribution in [-0.4, -0.2) is 29.2 Å². The second-order valence-electron chi connectivity index (χ2n) is 6.56. The molecule has 0 bridgehead atoms. The number of ether oxygens (including phenoxy) is 1. The molecule has 0 aliphatic carbocycles. The molecule has 0 amide bonds. The first kappa shape index (κ1) is 17.1. The third-order valence-electron chi connectivity index (χ3n) is 4.87. The molecule has 5 nitrogen and oxygen atoms in total. The number of carboxylic acids is 1. The van der Waals surface area contributed by atoms with Crippen molar-refractivity contribution in [1.29, 1.82) is 0 Å². The summed E-state index contributed by atoms with van der Waals surface area (Å²) in [7, 11) is 0. The molecule has 1 aliphatic rings. The van der Waals surface area contributed by atoms with Crippen LogP contribution >= 0.6 is 0 Å². The van der Waals surface area contributed by atoms with Crippen molar-refractivity contribution in [3.05, 3.63) is 78.1 Å². The molecule has 3 aromatic rings. The fourth-order valence-electron chi connectivity index (χ4n) is 3.44. The monoisotopic (exact) mass is 360 g/mol. The summed E-state index contributed by atoms with van der Waals surface area (Å²) in [5.41, 5.74) is 4.21. The van der Waals surface area contributed by atoms with Crippen molar-refractivity contribution in [3.63, 3.8) is 0 Å². The molecule has 5 heteroatoms. The number of carbonyl (C=O) groups is 1. The minimum atomic E-state index is -0.959. The molecule has 0 radical (unpaired) electrons. The fraction of sp³-hybridized carbons (Fsp3) is 0.182. The second-order valence-corrected chi connectivity index (χ2v) is 6.56. The van der Waals surface area contributed by atoms with E-state index in [0.29, 0.717) is 18.8 Å². The average Bonchev–Trinajstić information content (AvgIpc) is 2.72. The van der Waals surface area contributed by atoms with Crippen LogP contribution in [0.25, 0.3) is 11.1 Å². The summed E-state index contributed by atoms with van der Waals surface area (Å²) < 4.78 is 5.90. The first-order valence-corrected chi connectivity index (χ1v) is 8.96. The number of carboxylic acid groups (broad SMARTS) is 1. The molecular formula is C22H20N2O3. The Bertz CT molecular complexity index is 957. The maximum Gasteiger partial charge on any atom is 0.337 e. The molecule has 0 unspecified atom stereocenters. The molecule has 2 heterocycles. The Morgan fingerprint density at radius 2 is 2.00 bits per heavy atom. The molecular weight excluding hydrogens is 340 g/mol. The van der Waals surface area contributed by atoms with Crippen LogP contribution < -0.4 is 10.1 Å². The van der Waals surface area contributed by atoms with Gasteiger partial charge in [0, 0.05) is 18.7 Å². The van der Waals surface area contributed by atoms with Crippen LogP contribution in [0.5, 0.6) is 5.75 Å². The van der Waals surface area contributed by atoms with Crippen molar-refractivity contribution >= 4 is 11.7 Å². The molecule has 2 aromatic carbocycles. The molecule has 136 valence electrons.